The van der Waals surface area contributed by atoms with E-state index >= 15 is 0 Å². The Morgan fingerprint density at radius 1 is 1.67 bits per heavy atom. The van der Waals surface area contributed by atoms with Gasteiger partial charge < -0.3 is 15.2 Å². The number of hydrogen-bond acceptors (Lipinski definition) is 2. The van der Waals surface area contributed by atoms with Gasteiger partial charge in [-0.05, 0) is 25.7 Å². The van der Waals surface area contributed by atoms with E-state index in [1.165, 1.54) is 0 Å². The second-order valence-electron chi connectivity index (χ2n) is 4.17. The van der Waals surface area contributed by atoms with Crippen LogP contribution in [0.1, 0.15) is 26.7 Å². The lowest BCUT2D eigenvalue weighted by Crippen LogP contribution is -2.50. The normalized spacial score (nSPS) is 35.9. The van der Waals surface area contributed by atoms with E-state index in [2.05, 4.69) is 18.8 Å². The Morgan fingerprint density at radius 3 is 2.87 bits per heavy atom. The average Bonchev–Trinajstić information content (AvgIpc) is 2.13. The van der Waals surface area contributed by atoms with Crippen LogP contribution in [-0.4, -0.2) is 29.4 Å². The predicted octanol–water partition coefficient (Wildman–Crippen LogP) is 2.01. The van der Waals surface area contributed by atoms with Crippen molar-refractivity contribution in [3.8, 4) is 0 Å². The van der Waals surface area contributed by atoms with E-state index in [1.807, 2.05) is 13.0 Å². The highest BCUT2D eigenvalue weighted by Crippen LogP contribution is 2.27. The van der Waals surface area contributed by atoms with Gasteiger partial charge in [0.2, 0.25) is 0 Å². The third-order valence-electron chi connectivity index (χ3n) is 2.92. The van der Waals surface area contributed by atoms with Gasteiger partial charge in [-0.25, -0.2) is 4.79 Å². The van der Waals surface area contributed by atoms with Crippen molar-refractivity contribution in [2.75, 3.05) is 0 Å². The fourth-order valence-electron chi connectivity index (χ4n) is 2.04. The minimum absolute atomic E-state index is 0.0674. The number of hydrogen-bond donors (Lipinski definition) is 2. The molecule has 15 heavy (non-hydrogen) atoms. The van der Waals surface area contributed by atoms with Crippen molar-refractivity contribution >= 4 is 6.09 Å². The first kappa shape index (κ1) is 12.0. The minimum atomic E-state index is -0.982. The van der Waals surface area contributed by atoms with Crippen LogP contribution in [0.4, 0.5) is 4.79 Å². The van der Waals surface area contributed by atoms with Crippen molar-refractivity contribution in [1.29, 1.82) is 0 Å². The molecule has 0 radical (unpaired) electrons. The number of ether oxygens (including phenoxy) is 1. The predicted molar refractivity (Wildman–Crippen MR) is 57.9 cm³/mol. The van der Waals surface area contributed by atoms with Crippen molar-refractivity contribution in [3.63, 3.8) is 0 Å². The summed E-state index contributed by atoms with van der Waals surface area (Å²) >= 11 is 0. The number of carbonyl (C=O) groups is 1. The summed E-state index contributed by atoms with van der Waals surface area (Å²) in [6.45, 7) is 7.68. The molecule has 1 amide bonds. The van der Waals surface area contributed by atoms with Crippen molar-refractivity contribution in [3.05, 3.63) is 12.7 Å². The fourth-order valence-corrected chi connectivity index (χ4v) is 2.04. The molecule has 4 atom stereocenters. The maximum Gasteiger partial charge on any atom is 0.404 e. The van der Waals surface area contributed by atoms with Crippen LogP contribution >= 0.6 is 0 Å². The monoisotopic (exact) mass is 213 g/mol. The summed E-state index contributed by atoms with van der Waals surface area (Å²) in [6.07, 6.45) is 2.62. The van der Waals surface area contributed by atoms with Gasteiger partial charge >= 0.3 is 6.09 Å². The zero-order valence-electron chi connectivity index (χ0n) is 9.27. The molecule has 0 bridgehead atoms. The van der Waals surface area contributed by atoms with E-state index in [0.29, 0.717) is 5.92 Å². The molecular weight excluding hydrogens is 194 g/mol. The Labute approximate surface area is 90.3 Å². The molecule has 0 aromatic heterocycles. The van der Waals surface area contributed by atoms with E-state index in [4.69, 9.17) is 9.84 Å². The van der Waals surface area contributed by atoms with Gasteiger partial charge in [0, 0.05) is 0 Å². The largest absolute Gasteiger partial charge is 0.465 e. The summed E-state index contributed by atoms with van der Waals surface area (Å²) < 4.78 is 5.76. The summed E-state index contributed by atoms with van der Waals surface area (Å²) in [5, 5.41) is 11.1. The molecule has 4 nitrogen and oxygen atoms in total. The third kappa shape index (κ3) is 3.23. The first-order valence-electron chi connectivity index (χ1n) is 5.30. The lowest BCUT2D eigenvalue weighted by Gasteiger charge is -2.38. The van der Waals surface area contributed by atoms with Crippen molar-refractivity contribution in [2.45, 2.75) is 44.9 Å². The second kappa shape index (κ2) is 5.16. The van der Waals surface area contributed by atoms with Crippen LogP contribution in [0.3, 0.4) is 0 Å². The van der Waals surface area contributed by atoms with Crippen molar-refractivity contribution < 1.29 is 14.6 Å². The van der Waals surface area contributed by atoms with Crippen LogP contribution in [0.5, 0.6) is 0 Å². The molecule has 0 aromatic rings. The molecule has 1 rings (SSSR count). The van der Waals surface area contributed by atoms with Gasteiger partial charge in [0.15, 0.2) is 0 Å². The van der Waals surface area contributed by atoms with Gasteiger partial charge in [0.1, 0.15) is 0 Å². The maximum absolute atomic E-state index is 10.5. The smallest absolute Gasteiger partial charge is 0.404 e. The molecule has 4 heteroatoms. The Kier molecular flexibility index (Phi) is 4.15. The summed E-state index contributed by atoms with van der Waals surface area (Å²) in [5.74, 6) is 0.357. The third-order valence-corrected chi connectivity index (χ3v) is 2.92. The Balaban J connectivity index is 2.53. The van der Waals surface area contributed by atoms with Gasteiger partial charge in [0.25, 0.3) is 0 Å². The summed E-state index contributed by atoms with van der Waals surface area (Å²) in [5.41, 5.74) is 0. The minimum Gasteiger partial charge on any atom is -0.465 e. The van der Waals surface area contributed by atoms with E-state index in [0.717, 1.165) is 12.8 Å². The first-order valence-corrected chi connectivity index (χ1v) is 5.30. The van der Waals surface area contributed by atoms with Crippen molar-refractivity contribution in [1.82, 2.24) is 5.32 Å². The zero-order valence-corrected chi connectivity index (χ0v) is 9.27. The fraction of sp³-hybridized carbons (Fsp3) is 0.727. The van der Waals surface area contributed by atoms with Gasteiger partial charge in [-0.1, -0.05) is 13.0 Å². The first-order chi connectivity index (χ1) is 7.04. The molecule has 1 fully saturated rings. The molecule has 0 aliphatic carbocycles. The molecule has 1 heterocycles. The Bertz CT molecular complexity index is 242. The number of nitrogens with one attached hydrogen (secondary N) is 1. The van der Waals surface area contributed by atoms with Crippen LogP contribution in [0, 0.1) is 5.92 Å². The van der Waals surface area contributed by atoms with Gasteiger partial charge in [0.05, 0.1) is 18.2 Å². The Hall–Kier alpha value is -1.03. The molecule has 86 valence electrons. The van der Waals surface area contributed by atoms with Crippen molar-refractivity contribution in [2.24, 2.45) is 5.92 Å². The number of carboxylic acid groups (broad SMARTS) is 1. The summed E-state index contributed by atoms with van der Waals surface area (Å²) in [6, 6.07) is -0.0986. The maximum atomic E-state index is 10.5. The average molecular weight is 213 g/mol. The molecule has 0 spiro atoms. The van der Waals surface area contributed by atoms with E-state index < -0.39 is 6.09 Å². The van der Waals surface area contributed by atoms with Gasteiger partial charge in [-0.2, -0.15) is 0 Å². The summed E-state index contributed by atoms with van der Waals surface area (Å²) in [7, 11) is 0. The van der Waals surface area contributed by atoms with E-state index in [1.54, 1.807) is 0 Å². The van der Waals surface area contributed by atoms with Gasteiger partial charge in [-0.15, -0.1) is 6.58 Å². The van der Waals surface area contributed by atoms with E-state index in [9.17, 15) is 4.79 Å². The SMILES string of the molecule is C=CC[C@@H]1OC(C)[C@H](NC(=O)O)C[C@@H]1C. The molecule has 0 saturated carbocycles. The van der Waals surface area contributed by atoms with Crippen LogP contribution in [0.15, 0.2) is 12.7 Å². The lowest BCUT2D eigenvalue weighted by molar-refractivity contribution is -0.0843. The topological polar surface area (TPSA) is 58.6 Å². The highest BCUT2D eigenvalue weighted by molar-refractivity contribution is 5.64. The van der Waals surface area contributed by atoms with Gasteiger partial charge in [-0.3, -0.25) is 0 Å². The lowest BCUT2D eigenvalue weighted by atomic mass is 9.88. The quantitative estimate of drug-likeness (QED) is 0.705. The molecule has 1 aliphatic heterocycles. The number of amides is 1. The standard InChI is InChI=1S/C11H19NO3/c1-4-5-10-7(2)6-9(8(3)15-10)12-11(13)14/h4,7-10,12H,1,5-6H2,2-3H3,(H,13,14)/t7-,8?,9+,10-/m0/s1. The Morgan fingerprint density at radius 2 is 2.33 bits per heavy atom. The summed E-state index contributed by atoms with van der Waals surface area (Å²) in [4.78, 5) is 10.5. The number of rotatable bonds is 3. The second-order valence-corrected chi connectivity index (χ2v) is 4.17. The van der Waals surface area contributed by atoms with Crippen LogP contribution in [-0.2, 0) is 4.74 Å². The van der Waals surface area contributed by atoms with E-state index in [-0.39, 0.29) is 18.2 Å². The van der Waals surface area contributed by atoms with Crippen LogP contribution in [0.25, 0.3) is 0 Å². The molecule has 2 N–H and O–H groups in total. The highest BCUT2D eigenvalue weighted by atomic mass is 16.5. The zero-order chi connectivity index (χ0) is 11.4. The van der Waals surface area contributed by atoms with Crippen LogP contribution in [0.2, 0.25) is 0 Å². The molecule has 1 aliphatic rings. The molecular formula is C11H19NO3. The molecule has 1 unspecified atom stereocenters. The molecule has 1 saturated heterocycles. The molecule has 0 aromatic carbocycles. The highest BCUT2D eigenvalue weighted by Gasteiger charge is 2.33. The van der Waals surface area contributed by atoms with Crippen LogP contribution < -0.4 is 5.32 Å².